The number of hydrogen-bond donors (Lipinski definition) is 0. The van der Waals surface area contributed by atoms with Crippen LogP contribution >= 0.6 is 0 Å². The lowest BCUT2D eigenvalue weighted by Crippen LogP contribution is -1.83. The van der Waals surface area contributed by atoms with Crippen molar-refractivity contribution in [2.75, 3.05) is 0 Å². The molecule has 0 amide bonds. The fraction of sp³-hybridized carbons (Fsp3) is 0. The maximum atomic E-state index is 3.00. The SMILES string of the molecule is C=C.C=C.C=C.c1ccc(-c2ccccc2-c2ccccc2)cc1. The zero-order valence-corrected chi connectivity index (χ0v) is 14.3. The molecule has 0 spiro atoms. The Morgan fingerprint density at radius 3 is 0.875 bits per heavy atom. The molecule has 0 heteroatoms. The van der Waals surface area contributed by atoms with Crippen molar-refractivity contribution < 1.29 is 0 Å². The molecule has 24 heavy (non-hydrogen) atoms. The molecule has 0 nitrogen and oxygen atoms in total. The van der Waals surface area contributed by atoms with Gasteiger partial charge in [-0.05, 0) is 22.3 Å². The van der Waals surface area contributed by atoms with Gasteiger partial charge in [-0.2, -0.15) is 0 Å². The second-order valence-electron chi connectivity index (χ2n) is 4.28. The minimum absolute atomic E-state index is 1.26. The fourth-order valence-corrected chi connectivity index (χ4v) is 2.22. The number of rotatable bonds is 2. The molecule has 0 radical (unpaired) electrons. The van der Waals surface area contributed by atoms with Gasteiger partial charge < -0.3 is 0 Å². The monoisotopic (exact) mass is 314 g/mol. The molecule has 0 aromatic heterocycles. The van der Waals surface area contributed by atoms with Crippen LogP contribution in [0.15, 0.2) is 124 Å². The molecule has 0 aliphatic carbocycles. The Hall–Kier alpha value is -3.12. The van der Waals surface area contributed by atoms with Gasteiger partial charge in [0.05, 0.1) is 0 Å². The van der Waals surface area contributed by atoms with Crippen LogP contribution in [-0.2, 0) is 0 Å². The van der Waals surface area contributed by atoms with Gasteiger partial charge in [0.2, 0.25) is 0 Å². The van der Waals surface area contributed by atoms with Crippen LogP contribution in [0.2, 0.25) is 0 Å². The highest BCUT2D eigenvalue weighted by Gasteiger charge is 2.05. The van der Waals surface area contributed by atoms with Crippen molar-refractivity contribution in [3.05, 3.63) is 124 Å². The second kappa shape index (κ2) is 13.5. The molecule has 0 saturated carbocycles. The van der Waals surface area contributed by atoms with Gasteiger partial charge in [-0.1, -0.05) is 84.9 Å². The molecule has 0 atom stereocenters. The van der Waals surface area contributed by atoms with E-state index in [1.807, 2.05) is 0 Å². The van der Waals surface area contributed by atoms with Gasteiger partial charge in [0.15, 0.2) is 0 Å². The summed E-state index contributed by atoms with van der Waals surface area (Å²) in [5.41, 5.74) is 5.09. The molecular weight excluding hydrogens is 288 g/mol. The summed E-state index contributed by atoms with van der Waals surface area (Å²) in [4.78, 5) is 0. The maximum absolute atomic E-state index is 3.00. The van der Waals surface area contributed by atoms with Crippen LogP contribution in [0.3, 0.4) is 0 Å². The molecule has 0 aliphatic rings. The molecule has 0 bridgehead atoms. The molecule has 3 rings (SSSR count). The third kappa shape index (κ3) is 5.94. The van der Waals surface area contributed by atoms with E-state index in [1.54, 1.807) is 0 Å². The van der Waals surface area contributed by atoms with E-state index in [0.717, 1.165) is 0 Å². The molecule has 0 aliphatic heterocycles. The Kier molecular flexibility index (Phi) is 11.8. The summed E-state index contributed by atoms with van der Waals surface area (Å²) in [7, 11) is 0. The highest BCUT2D eigenvalue weighted by Crippen LogP contribution is 2.31. The van der Waals surface area contributed by atoms with Crippen molar-refractivity contribution >= 4 is 0 Å². The van der Waals surface area contributed by atoms with E-state index < -0.39 is 0 Å². The van der Waals surface area contributed by atoms with Crippen LogP contribution in [-0.4, -0.2) is 0 Å². The van der Waals surface area contributed by atoms with E-state index >= 15 is 0 Å². The summed E-state index contributed by atoms with van der Waals surface area (Å²) in [6.07, 6.45) is 0. The highest BCUT2D eigenvalue weighted by molar-refractivity contribution is 5.83. The summed E-state index contributed by atoms with van der Waals surface area (Å²) < 4.78 is 0. The third-order valence-electron chi connectivity index (χ3n) is 3.10. The van der Waals surface area contributed by atoms with Crippen molar-refractivity contribution in [1.29, 1.82) is 0 Å². The molecule has 0 heterocycles. The van der Waals surface area contributed by atoms with Crippen molar-refractivity contribution in [3.8, 4) is 22.3 Å². The number of hydrogen-bond acceptors (Lipinski definition) is 0. The van der Waals surface area contributed by atoms with E-state index in [9.17, 15) is 0 Å². The normalized spacial score (nSPS) is 8.17. The Balaban J connectivity index is 0.000000798. The van der Waals surface area contributed by atoms with E-state index in [-0.39, 0.29) is 0 Å². The first-order valence-corrected chi connectivity index (χ1v) is 7.65. The molecule has 0 unspecified atom stereocenters. The van der Waals surface area contributed by atoms with Gasteiger partial charge >= 0.3 is 0 Å². The van der Waals surface area contributed by atoms with Crippen LogP contribution < -0.4 is 0 Å². The largest absolute Gasteiger partial charge is 0.106 e. The minimum atomic E-state index is 1.26. The summed E-state index contributed by atoms with van der Waals surface area (Å²) in [6.45, 7) is 18.0. The first-order valence-electron chi connectivity index (χ1n) is 7.65. The van der Waals surface area contributed by atoms with Crippen LogP contribution in [0.5, 0.6) is 0 Å². The minimum Gasteiger partial charge on any atom is -0.106 e. The van der Waals surface area contributed by atoms with E-state index in [2.05, 4.69) is 124 Å². The summed E-state index contributed by atoms with van der Waals surface area (Å²) in [5.74, 6) is 0. The van der Waals surface area contributed by atoms with Crippen LogP contribution in [0.1, 0.15) is 0 Å². The Bertz CT molecular complexity index is 605. The molecular formula is C24H26. The van der Waals surface area contributed by atoms with Crippen molar-refractivity contribution in [2.45, 2.75) is 0 Å². The molecule has 3 aromatic rings. The summed E-state index contributed by atoms with van der Waals surface area (Å²) >= 11 is 0. The lowest BCUT2D eigenvalue weighted by molar-refractivity contribution is 1.58. The Morgan fingerprint density at radius 1 is 0.333 bits per heavy atom. The predicted octanol–water partition coefficient (Wildman–Crippen LogP) is 7.43. The lowest BCUT2D eigenvalue weighted by Gasteiger charge is -2.09. The van der Waals surface area contributed by atoms with Crippen LogP contribution in [0.25, 0.3) is 22.3 Å². The quantitative estimate of drug-likeness (QED) is 0.431. The smallest absolute Gasteiger partial charge is 0.0105 e. The highest BCUT2D eigenvalue weighted by atomic mass is 14.1. The van der Waals surface area contributed by atoms with Gasteiger partial charge in [-0.15, -0.1) is 39.5 Å². The first kappa shape index (κ1) is 20.9. The third-order valence-corrected chi connectivity index (χ3v) is 3.10. The van der Waals surface area contributed by atoms with E-state index in [4.69, 9.17) is 0 Å². The summed E-state index contributed by atoms with van der Waals surface area (Å²) in [5, 5.41) is 0. The van der Waals surface area contributed by atoms with E-state index in [0.29, 0.717) is 0 Å². The van der Waals surface area contributed by atoms with Crippen molar-refractivity contribution in [1.82, 2.24) is 0 Å². The molecule has 3 aromatic carbocycles. The molecule has 0 N–H and O–H groups in total. The standard InChI is InChI=1S/C18H14.3C2H4/c1-3-9-15(10-4-1)17-13-7-8-14-18(17)16-11-5-2-6-12-16;3*1-2/h1-14H;3*1-2H2. The molecule has 122 valence electrons. The predicted molar refractivity (Wildman–Crippen MR) is 111 cm³/mol. The average molecular weight is 314 g/mol. The molecule has 0 fully saturated rings. The fourth-order valence-electron chi connectivity index (χ4n) is 2.22. The zero-order chi connectivity index (χ0) is 18.2. The number of benzene rings is 3. The van der Waals surface area contributed by atoms with Gasteiger partial charge in [0.1, 0.15) is 0 Å². The first-order chi connectivity index (χ1) is 11.9. The van der Waals surface area contributed by atoms with Gasteiger partial charge in [0, 0.05) is 0 Å². The van der Waals surface area contributed by atoms with Gasteiger partial charge in [-0.25, -0.2) is 0 Å². The van der Waals surface area contributed by atoms with Crippen LogP contribution in [0, 0.1) is 0 Å². The zero-order valence-electron chi connectivity index (χ0n) is 14.3. The van der Waals surface area contributed by atoms with Crippen LogP contribution in [0.4, 0.5) is 0 Å². The van der Waals surface area contributed by atoms with Gasteiger partial charge in [-0.3, -0.25) is 0 Å². The summed E-state index contributed by atoms with van der Waals surface area (Å²) in [6, 6.07) is 29.6. The van der Waals surface area contributed by atoms with Crippen molar-refractivity contribution in [3.63, 3.8) is 0 Å². The lowest BCUT2D eigenvalue weighted by atomic mass is 9.95. The van der Waals surface area contributed by atoms with E-state index in [1.165, 1.54) is 22.3 Å². The Morgan fingerprint density at radius 2 is 0.583 bits per heavy atom. The average Bonchev–Trinajstić information content (AvgIpc) is 2.74. The molecule has 0 saturated heterocycles. The second-order valence-corrected chi connectivity index (χ2v) is 4.28. The van der Waals surface area contributed by atoms with Gasteiger partial charge in [0.25, 0.3) is 0 Å². The topological polar surface area (TPSA) is 0 Å². The maximum Gasteiger partial charge on any atom is -0.0105 e. The van der Waals surface area contributed by atoms with Crippen molar-refractivity contribution in [2.24, 2.45) is 0 Å². The Labute approximate surface area is 147 Å².